The minimum absolute atomic E-state index is 0.572. The number of benzene rings is 2. The summed E-state index contributed by atoms with van der Waals surface area (Å²) in [4.78, 5) is 4.58. The van der Waals surface area contributed by atoms with E-state index in [4.69, 9.17) is 0 Å². The van der Waals surface area contributed by atoms with Crippen LogP contribution in [0.5, 0.6) is 0 Å². The van der Waals surface area contributed by atoms with Gasteiger partial charge in [-0.15, -0.1) is 0 Å². The summed E-state index contributed by atoms with van der Waals surface area (Å²) in [5, 5.41) is 9.51. The Hall–Kier alpha value is -2.86. The van der Waals surface area contributed by atoms with Gasteiger partial charge in [0.15, 0.2) is 5.82 Å². The van der Waals surface area contributed by atoms with E-state index in [0.717, 1.165) is 22.2 Å². The van der Waals surface area contributed by atoms with Gasteiger partial charge in [0.25, 0.3) is 0 Å². The molecule has 102 valence electrons. The molecule has 0 saturated heterocycles. The average molecular weight is 273 g/mol. The van der Waals surface area contributed by atoms with Gasteiger partial charge in [-0.3, -0.25) is 0 Å². The number of aromatic nitrogens is 2. The van der Waals surface area contributed by atoms with Crippen LogP contribution in [0.4, 0.5) is 0 Å². The Balaban J connectivity index is 2.18. The van der Waals surface area contributed by atoms with Crippen LogP contribution in [0.15, 0.2) is 48.5 Å². The number of aryl methyl sites for hydroxylation is 2. The fraction of sp³-hybridized carbons (Fsp3) is 0.111. The Morgan fingerprint density at radius 1 is 1.14 bits per heavy atom. The van der Waals surface area contributed by atoms with Crippen molar-refractivity contribution in [1.29, 1.82) is 5.26 Å². The summed E-state index contributed by atoms with van der Waals surface area (Å²) in [6, 6.07) is 18.2. The van der Waals surface area contributed by atoms with Crippen molar-refractivity contribution in [3.05, 3.63) is 65.5 Å². The Labute approximate surface area is 123 Å². The topological polar surface area (TPSA) is 41.6 Å². The molecule has 0 bridgehead atoms. The molecular weight excluding hydrogens is 258 g/mol. The van der Waals surface area contributed by atoms with Crippen LogP contribution in [0.25, 0.3) is 22.7 Å². The molecule has 3 rings (SSSR count). The molecule has 0 aliphatic rings. The maximum Gasteiger partial charge on any atom is 0.151 e. The SMILES string of the molecule is Cc1ccccc1C=C(C#N)c1nc2ccccc2n1C. The fourth-order valence-electron chi connectivity index (χ4n) is 2.44. The lowest BCUT2D eigenvalue weighted by atomic mass is 10.1. The molecule has 0 atom stereocenters. The maximum absolute atomic E-state index is 9.51. The highest BCUT2D eigenvalue weighted by Crippen LogP contribution is 2.22. The maximum atomic E-state index is 9.51. The molecule has 0 saturated carbocycles. The first-order chi connectivity index (χ1) is 10.2. The van der Waals surface area contributed by atoms with Gasteiger partial charge in [0.1, 0.15) is 6.07 Å². The Morgan fingerprint density at radius 2 is 1.86 bits per heavy atom. The summed E-state index contributed by atoms with van der Waals surface area (Å²) in [5.41, 5.74) is 4.69. The van der Waals surface area contributed by atoms with Gasteiger partial charge in [-0.25, -0.2) is 4.98 Å². The highest BCUT2D eigenvalue weighted by molar-refractivity contribution is 5.91. The Kier molecular flexibility index (Phi) is 3.29. The number of hydrogen-bond donors (Lipinski definition) is 0. The van der Waals surface area contributed by atoms with Gasteiger partial charge in [0.2, 0.25) is 0 Å². The number of nitriles is 1. The molecular formula is C18H15N3. The van der Waals surface area contributed by atoms with Crippen molar-refractivity contribution in [3.8, 4) is 6.07 Å². The zero-order valence-corrected chi connectivity index (χ0v) is 12.0. The van der Waals surface area contributed by atoms with E-state index in [0.29, 0.717) is 11.4 Å². The summed E-state index contributed by atoms with van der Waals surface area (Å²) in [5.74, 6) is 0.696. The summed E-state index contributed by atoms with van der Waals surface area (Å²) in [6.07, 6.45) is 1.90. The van der Waals surface area contributed by atoms with Crippen LogP contribution in [0.3, 0.4) is 0 Å². The van der Waals surface area contributed by atoms with E-state index >= 15 is 0 Å². The molecule has 0 radical (unpaired) electrons. The van der Waals surface area contributed by atoms with E-state index < -0.39 is 0 Å². The molecule has 3 heteroatoms. The van der Waals surface area contributed by atoms with Crippen LogP contribution in [-0.2, 0) is 7.05 Å². The largest absolute Gasteiger partial charge is 0.327 e. The summed E-state index contributed by atoms with van der Waals surface area (Å²) >= 11 is 0. The number of imidazole rings is 1. The third kappa shape index (κ3) is 2.32. The average Bonchev–Trinajstić information content (AvgIpc) is 2.84. The van der Waals surface area contributed by atoms with Gasteiger partial charge in [-0.1, -0.05) is 36.4 Å². The lowest BCUT2D eigenvalue weighted by molar-refractivity contribution is 0.925. The molecule has 0 aliphatic carbocycles. The van der Waals surface area contributed by atoms with Crippen LogP contribution < -0.4 is 0 Å². The third-order valence-electron chi connectivity index (χ3n) is 3.64. The number of fused-ring (bicyclic) bond motifs is 1. The zero-order chi connectivity index (χ0) is 14.8. The van der Waals surface area contributed by atoms with Gasteiger partial charge >= 0.3 is 0 Å². The fourth-order valence-corrected chi connectivity index (χ4v) is 2.44. The third-order valence-corrected chi connectivity index (χ3v) is 3.64. The molecule has 0 N–H and O–H groups in total. The number of allylic oxidation sites excluding steroid dienone is 1. The minimum Gasteiger partial charge on any atom is -0.327 e. The second-order valence-electron chi connectivity index (χ2n) is 5.01. The molecule has 1 aromatic heterocycles. The number of nitrogens with zero attached hydrogens (tertiary/aromatic N) is 3. The summed E-state index contributed by atoms with van der Waals surface area (Å²) in [7, 11) is 1.94. The van der Waals surface area contributed by atoms with Gasteiger partial charge in [0.05, 0.1) is 16.6 Å². The van der Waals surface area contributed by atoms with Crippen molar-refractivity contribution in [2.24, 2.45) is 7.05 Å². The lowest BCUT2D eigenvalue weighted by Crippen LogP contribution is -1.96. The molecule has 0 fully saturated rings. The minimum atomic E-state index is 0.572. The normalized spacial score (nSPS) is 11.6. The van der Waals surface area contributed by atoms with E-state index in [1.807, 2.05) is 73.1 Å². The first kappa shape index (κ1) is 13.1. The van der Waals surface area contributed by atoms with Crippen molar-refractivity contribution < 1.29 is 0 Å². The second kappa shape index (κ2) is 5.26. The van der Waals surface area contributed by atoms with Gasteiger partial charge in [0, 0.05) is 7.05 Å². The van der Waals surface area contributed by atoms with Crippen molar-refractivity contribution in [2.75, 3.05) is 0 Å². The summed E-state index contributed by atoms with van der Waals surface area (Å²) in [6.45, 7) is 2.04. The van der Waals surface area contributed by atoms with Crippen molar-refractivity contribution in [3.63, 3.8) is 0 Å². The van der Waals surface area contributed by atoms with Crippen LogP contribution in [0.2, 0.25) is 0 Å². The van der Waals surface area contributed by atoms with E-state index in [2.05, 4.69) is 11.1 Å². The van der Waals surface area contributed by atoms with Gasteiger partial charge in [-0.2, -0.15) is 5.26 Å². The molecule has 0 aliphatic heterocycles. The van der Waals surface area contributed by atoms with Gasteiger partial charge < -0.3 is 4.57 Å². The standard InChI is InChI=1S/C18H15N3/c1-13-7-3-4-8-14(13)11-15(12-19)18-20-16-9-5-6-10-17(16)21(18)2/h3-11H,1-2H3. The summed E-state index contributed by atoms with van der Waals surface area (Å²) < 4.78 is 1.96. The van der Waals surface area contributed by atoms with Crippen molar-refractivity contribution in [2.45, 2.75) is 6.92 Å². The van der Waals surface area contributed by atoms with Crippen LogP contribution in [0, 0.1) is 18.3 Å². The van der Waals surface area contributed by atoms with Crippen molar-refractivity contribution >= 4 is 22.7 Å². The van der Waals surface area contributed by atoms with E-state index in [9.17, 15) is 5.26 Å². The van der Waals surface area contributed by atoms with Crippen LogP contribution in [0.1, 0.15) is 17.0 Å². The first-order valence-electron chi connectivity index (χ1n) is 6.80. The van der Waals surface area contributed by atoms with E-state index in [1.165, 1.54) is 0 Å². The molecule has 0 amide bonds. The van der Waals surface area contributed by atoms with E-state index in [-0.39, 0.29) is 0 Å². The van der Waals surface area contributed by atoms with Gasteiger partial charge in [-0.05, 0) is 36.3 Å². The predicted molar refractivity (Wildman–Crippen MR) is 85.4 cm³/mol. The van der Waals surface area contributed by atoms with Crippen LogP contribution in [-0.4, -0.2) is 9.55 Å². The number of hydrogen-bond acceptors (Lipinski definition) is 2. The van der Waals surface area contributed by atoms with Crippen molar-refractivity contribution in [1.82, 2.24) is 9.55 Å². The molecule has 21 heavy (non-hydrogen) atoms. The highest BCUT2D eigenvalue weighted by Gasteiger charge is 2.11. The molecule has 0 unspecified atom stereocenters. The molecule has 3 nitrogen and oxygen atoms in total. The monoisotopic (exact) mass is 273 g/mol. The smallest absolute Gasteiger partial charge is 0.151 e. The lowest BCUT2D eigenvalue weighted by Gasteiger charge is -2.03. The molecule has 2 aromatic carbocycles. The highest BCUT2D eigenvalue weighted by atomic mass is 15.1. The first-order valence-corrected chi connectivity index (χ1v) is 6.80. The molecule has 0 spiro atoms. The predicted octanol–water partition coefficient (Wildman–Crippen LogP) is 3.95. The second-order valence-corrected chi connectivity index (χ2v) is 5.01. The Morgan fingerprint density at radius 3 is 2.57 bits per heavy atom. The van der Waals surface area contributed by atoms with E-state index in [1.54, 1.807) is 0 Å². The van der Waals surface area contributed by atoms with Crippen LogP contribution >= 0.6 is 0 Å². The molecule has 1 heterocycles. The zero-order valence-electron chi connectivity index (χ0n) is 12.0. The quantitative estimate of drug-likeness (QED) is 0.663. The number of para-hydroxylation sites is 2. The Bertz CT molecular complexity index is 879. The number of rotatable bonds is 2. The molecule has 3 aromatic rings.